The van der Waals surface area contributed by atoms with Crippen molar-refractivity contribution >= 4 is 28.8 Å². The summed E-state index contributed by atoms with van der Waals surface area (Å²) in [5.74, 6) is -0.134. The van der Waals surface area contributed by atoms with Gasteiger partial charge in [-0.2, -0.15) is 11.3 Å². The van der Waals surface area contributed by atoms with E-state index >= 15 is 0 Å². The summed E-state index contributed by atoms with van der Waals surface area (Å²) in [7, 11) is 0. The highest BCUT2D eigenvalue weighted by Crippen LogP contribution is 2.26. The highest BCUT2D eigenvalue weighted by atomic mass is 35.5. The quantitative estimate of drug-likeness (QED) is 0.874. The van der Waals surface area contributed by atoms with Crippen LogP contribution in [-0.2, 0) is 15.8 Å². The second-order valence-electron chi connectivity index (χ2n) is 6.10. The van der Waals surface area contributed by atoms with E-state index < -0.39 is 11.0 Å². The Morgan fingerprint density at radius 3 is 2.36 bits per heavy atom. The van der Waals surface area contributed by atoms with Gasteiger partial charge in [0.25, 0.3) is 0 Å². The molecule has 1 heterocycles. The number of aliphatic hydroxyl groups is 1. The molecular weight excluding hydrogens is 318 g/mol. The number of thiophene rings is 1. The molecule has 1 aromatic carbocycles. The van der Waals surface area contributed by atoms with Crippen LogP contribution in [0.25, 0.3) is 0 Å². The van der Waals surface area contributed by atoms with E-state index in [1.165, 1.54) is 11.3 Å². The van der Waals surface area contributed by atoms with Gasteiger partial charge in [0.05, 0.1) is 12.0 Å². The number of hydrogen-bond acceptors (Lipinski definition) is 3. The third-order valence-corrected chi connectivity index (χ3v) is 4.81. The molecule has 22 heavy (non-hydrogen) atoms. The zero-order valence-corrected chi connectivity index (χ0v) is 14.5. The van der Waals surface area contributed by atoms with Gasteiger partial charge >= 0.3 is 0 Å². The fraction of sp³-hybridized carbons (Fsp3) is 0.353. The largest absolute Gasteiger partial charge is 0.384 e. The normalized spacial score (nSPS) is 14.4. The third kappa shape index (κ3) is 3.69. The molecule has 1 unspecified atom stereocenters. The molecule has 2 rings (SSSR count). The lowest BCUT2D eigenvalue weighted by Gasteiger charge is -2.28. The van der Waals surface area contributed by atoms with Crippen LogP contribution in [0.1, 0.15) is 31.9 Å². The van der Waals surface area contributed by atoms with Crippen LogP contribution < -0.4 is 5.32 Å². The molecule has 3 nitrogen and oxygen atoms in total. The number of rotatable bonds is 5. The van der Waals surface area contributed by atoms with E-state index in [1.54, 1.807) is 19.1 Å². The highest BCUT2D eigenvalue weighted by molar-refractivity contribution is 7.08. The lowest BCUT2D eigenvalue weighted by molar-refractivity contribution is -0.126. The van der Waals surface area contributed by atoms with E-state index in [4.69, 9.17) is 11.6 Å². The van der Waals surface area contributed by atoms with Crippen LogP contribution in [0.15, 0.2) is 41.1 Å². The molecule has 0 fully saturated rings. The summed E-state index contributed by atoms with van der Waals surface area (Å²) < 4.78 is 0. The standard InChI is InChI=1S/C17H20ClNO2S/c1-16(2,12-4-6-14(18)7-5-12)15(20)19-11-17(3,21)13-8-9-22-10-13/h4-10,21H,11H2,1-3H3,(H,19,20). The molecule has 1 amide bonds. The van der Waals surface area contributed by atoms with Gasteiger partial charge in [0.2, 0.25) is 5.91 Å². The zero-order chi connectivity index (χ0) is 16.4. The average Bonchev–Trinajstić information content (AvgIpc) is 3.00. The zero-order valence-electron chi connectivity index (χ0n) is 12.9. The third-order valence-electron chi connectivity index (χ3n) is 3.87. The molecule has 0 radical (unpaired) electrons. The molecule has 0 saturated heterocycles. The van der Waals surface area contributed by atoms with Crippen LogP contribution in [-0.4, -0.2) is 17.6 Å². The second kappa shape index (κ2) is 6.41. The van der Waals surface area contributed by atoms with E-state index in [9.17, 15) is 9.90 Å². The number of carbonyl (C=O) groups is 1. The minimum absolute atomic E-state index is 0.134. The Bertz CT molecular complexity index is 633. The van der Waals surface area contributed by atoms with Crippen molar-refractivity contribution in [3.05, 3.63) is 57.2 Å². The predicted molar refractivity (Wildman–Crippen MR) is 91.4 cm³/mol. The van der Waals surface area contributed by atoms with Gasteiger partial charge in [-0.3, -0.25) is 4.79 Å². The molecule has 2 aromatic rings. The first kappa shape index (κ1) is 17.0. The highest BCUT2D eigenvalue weighted by Gasteiger charge is 2.32. The second-order valence-corrected chi connectivity index (χ2v) is 7.32. The molecule has 118 valence electrons. The van der Waals surface area contributed by atoms with Crippen molar-refractivity contribution in [2.75, 3.05) is 6.54 Å². The number of hydrogen-bond donors (Lipinski definition) is 2. The van der Waals surface area contributed by atoms with Gasteiger partial charge in [-0.05, 0) is 60.9 Å². The summed E-state index contributed by atoms with van der Waals surface area (Å²) in [4.78, 5) is 12.5. The molecule has 0 bridgehead atoms. The lowest BCUT2D eigenvalue weighted by Crippen LogP contribution is -2.45. The first-order chi connectivity index (χ1) is 10.2. The molecule has 1 aromatic heterocycles. The maximum Gasteiger partial charge on any atom is 0.230 e. The Labute approximate surface area is 139 Å². The van der Waals surface area contributed by atoms with Crippen LogP contribution in [0.4, 0.5) is 0 Å². The molecule has 0 aliphatic carbocycles. The summed E-state index contributed by atoms with van der Waals surface area (Å²) >= 11 is 7.41. The van der Waals surface area contributed by atoms with E-state index in [0.717, 1.165) is 11.1 Å². The molecule has 5 heteroatoms. The van der Waals surface area contributed by atoms with Crippen molar-refractivity contribution in [1.29, 1.82) is 0 Å². The van der Waals surface area contributed by atoms with Crippen molar-refractivity contribution in [1.82, 2.24) is 5.32 Å². The number of halogens is 1. The molecule has 1 atom stereocenters. The summed E-state index contributed by atoms with van der Waals surface area (Å²) in [5, 5.41) is 17.7. The fourth-order valence-electron chi connectivity index (χ4n) is 2.14. The van der Waals surface area contributed by atoms with Gasteiger partial charge in [0.1, 0.15) is 5.60 Å². The van der Waals surface area contributed by atoms with Crippen LogP contribution in [0, 0.1) is 0 Å². The van der Waals surface area contributed by atoms with Crippen molar-refractivity contribution in [2.45, 2.75) is 31.8 Å². The Morgan fingerprint density at radius 2 is 1.82 bits per heavy atom. The van der Waals surface area contributed by atoms with Crippen molar-refractivity contribution < 1.29 is 9.90 Å². The Kier molecular flexibility index (Phi) is 4.95. The van der Waals surface area contributed by atoms with E-state index in [1.807, 2.05) is 42.8 Å². The van der Waals surface area contributed by atoms with Gasteiger partial charge in [-0.25, -0.2) is 0 Å². The Balaban J connectivity index is 2.06. The maximum atomic E-state index is 12.5. The van der Waals surface area contributed by atoms with Crippen LogP contribution in [0.3, 0.4) is 0 Å². The molecule has 2 N–H and O–H groups in total. The monoisotopic (exact) mass is 337 g/mol. The van der Waals surface area contributed by atoms with Crippen LogP contribution in [0.2, 0.25) is 5.02 Å². The maximum absolute atomic E-state index is 12.5. The van der Waals surface area contributed by atoms with Gasteiger partial charge in [0, 0.05) is 5.02 Å². The molecule has 0 saturated carbocycles. The predicted octanol–water partition coefficient (Wildman–Crippen LogP) is 3.70. The van der Waals surface area contributed by atoms with Gasteiger partial charge in [0.15, 0.2) is 0 Å². The van der Waals surface area contributed by atoms with Crippen LogP contribution in [0.5, 0.6) is 0 Å². The lowest BCUT2D eigenvalue weighted by atomic mass is 9.83. The Hall–Kier alpha value is -1.36. The first-order valence-electron chi connectivity index (χ1n) is 7.03. The summed E-state index contributed by atoms with van der Waals surface area (Å²) in [6, 6.07) is 9.10. The average molecular weight is 338 g/mol. The van der Waals surface area contributed by atoms with Crippen molar-refractivity contribution in [2.24, 2.45) is 0 Å². The SMILES string of the molecule is CC(O)(CNC(=O)C(C)(C)c1ccc(Cl)cc1)c1ccsc1. The van der Waals surface area contributed by atoms with Crippen LogP contribution >= 0.6 is 22.9 Å². The van der Waals surface area contributed by atoms with Gasteiger partial charge < -0.3 is 10.4 Å². The minimum atomic E-state index is -1.08. The number of amides is 1. The first-order valence-corrected chi connectivity index (χ1v) is 8.35. The topological polar surface area (TPSA) is 49.3 Å². The van der Waals surface area contributed by atoms with E-state index in [0.29, 0.717) is 5.02 Å². The summed E-state index contributed by atoms with van der Waals surface area (Å²) in [5.41, 5.74) is -0.0900. The smallest absolute Gasteiger partial charge is 0.230 e. The molecule has 0 aliphatic rings. The van der Waals surface area contributed by atoms with Crippen molar-refractivity contribution in [3.63, 3.8) is 0 Å². The van der Waals surface area contributed by atoms with Crippen molar-refractivity contribution in [3.8, 4) is 0 Å². The fourth-order valence-corrected chi connectivity index (χ4v) is 3.05. The summed E-state index contributed by atoms with van der Waals surface area (Å²) in [6.07, 6.45) is 0. The molecule has 0 spiro atoms. The van der Waals surface area contributed by atoms with Gasteiger partial charge in [-0.15, -0.1) is 0 Å². The number of carbonyl (C=O) groups excluding carboxylic acids is 1. The van der Waals surface area contributed by atoms with Gasteiger partial charge in [-0.1, -0.05) is 23.7 Å². The minimum Gasteiger partial charge on any atom is -0.384 e. The Morgan fingerprint density at radius 1 is 1.18 bits per heavy atom. The molecular formula is C17H20ClNO2S. The summed E-state index contributed by atoms with van der Waals surface area (Å²) in [6.45, 7) is 5.57. The number of benzene rings is 1. The van der Waals surface area contributed by atoms with E-state index in [2.05, 4.69) is 5.32 Å². The molecule has 0 aliphatic heterocycles. The van der Waals surface area contributed by atoms with E-state index in [-0.39, 0.29) is 12.5 Å². The number of nitrogens with one attached hydrogen (secondary N) is 1.